The van der Waals surface area contributed by atoms with Crippen LogP contribution in [0.3, 0.4) is 0 Å². The number of hydrogen-bond acceptors (Lipinski definition) is 3. The molecular formula is C15H27NO4. The molecule has 0 heterocycles. The van der Waals surface area contributed by atoms with Crippen molar-refractivity contribution in [3.05, 3.63) is 0 Å². The Bertz CT molecular complexity index is 311. The van der Waals surface area contributed by atoms with Crippen LogP contribution in [0, 0.1) is 5.41 Å². The molecule has 116 valence electrons. The lowest BCUT2D eigenvalue weighted by Crippen LogP contribution is -2.39. The number of nitrogens with one attached hydrogen (secondary N) is 1. The zero-order valence-electron chi connectivity index (χ0n) is 12.2. The number of carboxylic acids is 1. The molecule has 1 aliphatic carbocycles. The van der Waals surface area contributed by atoms with Gasteiger partial charge in [-0.1, -0.05) is 32.1 Å². The van der Waals surface area contributed by atoms with Crippen LogP contribution < -0.4 is 5.32 Å². The molecule has 0 aromatic rings. The number of rotatable bonds is 9. The average molecular weight is 285 g/mol. The van der Waals surface area contributed by atoms with Crippen molar-refractivity contribution in [2.24, 2.45) is 5.41 Å². The number of aliphatic carboxylic acids is 1. The van der Waals surface area contributed by atoms with Gasteiger partial charge in [0, 0.05) is 19.6 Å². The number of carbonyl (C=O) groups is 2. The lowest BCUT2D eigenvalue weighted by molar-refractivity contribution is -0.154. The van der Waals surface area contributed by atoms with Gasteiger partial charge >= 0.3 is 5.97 Å². The smallest absolute Gasteiger partial charge is 0.310 e. The summed E-state index contributed by atoms with van der Waals surface area (Å²) in [6.07, 6.45) is 7.85. The van der Waals surface area contributed by atoms with Crippen LogP contribution in [0.5, 0.6) is 0 Å². The summed E-state index contributed by atoms with van der Waals surface area (Å²) in [4.78, 5) is 23.4. The SMILES string of the molecule is O=C(CC1(C(=O)O)CCCCC1)NCCCCCCO. The number of aliphatic hydroxyl groups excluding tert-OH is 1. The van der Waals surface area contributed by atoms with Gasteiger partial charge in [0.15, 0.2) is 0 Å². The van der Waals surface area contributed by atoms with Crippen LogP contribution >= 0.6 is 0 Å². The molecule has 0 aromatic carbocycles. The van der Waals surface area contributed by atoms with Gasteiger partial charge in [-0.3, -0.25) is 9.59 Å². The maximum absolute atomic E-state index is 11.9. The number of unbranched alkanes of at least 4 members (excludes halogenated alkanes) is 3. The molecule has 1 rings (SSSR count). The van der Waals surface area contributed by atoms with Crippen LogP contribution in [0.4, 0.5) is 0 Å². The topological polar surface area (TPSA) is 86.6 Å². The van der Waals surface area contributed by atoms with Crippen molar-refractivity contribution in [1.82, 2.24) is 5.32 Å². The number of carbonyl (C=O) groups excluding carboxylic acids is 1. The van der Waals surface area contributed by atoms with E-state index in [-0.39, 0.29) is 18.9 Å². The second kappa shape index (κ2) is 8.95. The van der Waals surface area contributed by atoms with E-state index < -0.39 is 11.4 Å². The molecule has 0 bridgehead atoms. The minimum atomic E-state index is -0.834. The summed E-state index contributed by atoms with van der Waals surface area (Å²) in [7, 11) is 0. The van der Waals surface area contributed by atoms with Gasteiger partial charge < -0.3 is 15.5 Å². The summed E-state index contributed by atoms with van der Waals surface area (Å²) in [5.74, 6) is -0.966. The summed E-state index contributed by atoms with van der Waals surface area (Å²) in [6.45, 7) is 0.813. The summed E-state index contributed by atoms with van der Waals surface area (Å²) < 4.78 is 0. The van der Waals surface area contributed by atoms with Crippen molar-refractivity contribution in [2.45, 2.75) is 64.2 Å². The van der Waals surface area contributed by atoms with E-state index in [0.29, 0.717) is 19.4 Å². The first-order chi connectivity index (χ1) is 9.60. The van der Waals surface area contributed by atoms with Gasteiger partial charge in [0.2, 0.25) is 5.91 Å². The molecule has 5 heteroatoms. The largest absolute Gasteiger partial charge is 0.481 e. The fourth-order valence-electron chi connectivity index (χ4n) is 2.88. The Labute approximate surface area is 120 Å². The van der Waals surface area contributed by atoms with Crippen LogP contribution in [0.25, 0.3) is 0 Å². The van der Waals surface area contributed by atoms with Gasteiger partial charge in [-0.2, -0.15) is 0 Å². The predicted octanol–water partition coefficient (Wildman–Crippen LogP) is 2.08. The van der Waals surface area contributed by atoms with Crippen molar-refractivity contribution in [3.8, 4) is 0 Å². The number of carboxylic acid groups (broad SMARTS) is 1. The highest BCUT2D eigenvalue weighted by Crippen LogP contribution is 2.39. The lowest BCUT2D eigenvalue weighted by atomic mass is 9.71. The Morgan fingerprint density at radius 1 is 1.00 bits per heavy atom. The van der Waals surface area contributed by atoms with E-state index >= 15 is 0 Å². The maximum atomic E-state index is 11.9. The number of hydrogen-bond donors (Lipinski definition) is 3. The molecule has 3 N–H and O–H groups in total. The predicted molar refractivity (Wildman–Crippen MR) is 76.3 cm³/mol. The fourth-order valence-corrected chi connectivity index (χ4v) is 2.88. The first-order valence-electron chi connectivity index (χ1n) is 7.72. The van der Waals surface area contributed by atoms with E-state index in [0.717, 1.165) is 44.9 Å². The molecule has 1 fully saturated rings. The minimum Gasteiger partial charge on any atom is -0.481 e. The molecule has 0 atom stereocenters. The van der Waals surface area contributed by atoms with Gasteiger partial charge in [-0.15, -0.1) is 0 Å². The molecule has 0 spiro atoms. The molecule has 1 amide bonds. The van der Waals surface area contributed by atoms with Crippen LogP contribution in [0.15, 0.2) is 0 Å². The molecule has 0 saturated heterocycles. The fraction of sp³-hybridized carbons (Fsp3) is 0.867. The van der Waals surface area contributed by atoms with Gasteiger partial charge in [0.1, 0.15) is 0 Å². The molecule has 1 aliphatic rings. The van der Waals surface area contributed by atoms with E-state index in [1.54, 1.807) is 0 Å². The van der Waals surface area contributed by atoms with E-state index in [2.05, 4.69) is 5.32 Å². The van der Waals surface area contributed by atoms with Gasteiger partial charge in [0.25, 0.3) is 0 Å². The van der Waals surface area contributed by atoms with Crippen LogP contribution in [0.2, 0.25) is 0 Å². The van der Waals surface area contributed by atoms with Gasteiger partial charge in [-0.05, 0) is 25.7 Å². The minimum absolute atomic E-state index is 0.110. The average Bonchev–Trinajstić information content (AvgIpc) is 2.43. The molecule has 5 nitrogen and oxygen atoms in total. The Hall–Kier alpha value is -1.10. The summed E-state index contributed by atoms with van der Waals surface area (Å²) in [5, 5.41) is 20.9. The second-order valence-electron chi connectivity index (χ2n) is 5.81. The van der Waals surface area contributed by atoms with Gasteiger partial charge in [-0.25, -0.2) is 0 Å². The monoisotopic (exact) mass is 285 g/mol. The Morgan fingerprint density at radius 3 is 2.25 bits per heavy atom. The molecule has 0 aliphatic heterocycles. The first-order valence-corrected chi connectivity index (χ1v) is 7.72. The summed E-state index contributed by atoms with van der Waals surface area (Å²) in [6, 6.07) is 0. The number of aliphatic hydroxyl groups is 1. The normalized spacial score (nSPS) is 17.6. The van der Waals surface area contributed by atoms with E-state index in [1.165, 1.54) is 0 Å². The zero-order valence-corrected chi connectivity index (χ0v) is 12.2. The molecule has 20 heavy (non-hydrogen) atoms. The maximum Gasteiger partial charge on any atom is 0.310 e. The van der Waals surface area contributed by atoms with Crippen molar-refractivity contribution in [3.63, 3.8) is 0 Å². The number of amides is 1. The zero-order chi connectivity index (χ0) is 14.8. The Kier molecular flexibility index (Phi) is 7.59. The van der Waals surface area contributed by atoms with Crippen molar-refractivity contribution >= 4 is 11.9 Å². The molecule has 0 aromatic heterocycles. The Morgan fingerprint density at radius 2 is 1.65 bits per heavy atom. The van der Waals surface area contributed by atoms with E-state index in [9.17, 15) is 14.7 Å². The standard InChI is InChI=1S/C15H27NO4/c17-11-7-2-1-6-10-16-13(18)12-15(14(19)20)8-4-3-5-9-15/h17H,1-12H2,(H,16,18)(H,19,20). The summed E-state index contributed by atoms with van der Waals surface area (Å²) in [5.41, 5.74) is -0.834. The van der Waals surface area contributed by atoms with Crippen LogP contribution in [-0.4, -0.2) is 35.2 Å². The molecule has 0 radical (unpaired) electrons. The molecule has 1 saturated carbocycles. The Balaban J connectivity index is 2.27. The van der Waals surface area contributed by atoms with Crippen molar-refractivity contribution in [1.29, 1.82) is 0 Å². The van der Waals surface area contributed by atoms with E-state index in [1.807, 2.05) is 0 Å². The molecular weight excluding hydrogens is 258 g/mol. The van der Waals surface area contributed by atoms with Crippen molar-refractivity contribution < 1.29 is 19.8 Å². The quantitative estimate of drug-likeness (QED) is 0.566. The second-order valence-corrected chi connectivity index (χ2v) is 5.81. The third-order valence-corrected chi connectivity index (χ3v) is 4.17. The third kappa shape index (κ3) is 5.49. The van der Waals surface area contributed by atoms with Crippen molar-refractivity contribution in [2.75, 3.05) is 13.2 Å². The highest BCUT2D eigenvalue weighted by molar-refractivity contribution is 5.85. The lowest BCUT2D eigenvalue weighted by Gasteiger charge is -2.32. The summed E-state index contributed by atoms with van der Waals surface area (Å²) >= 11 is 0. The third-order valence-electron chi connectivity index (χ3n) is 4.17. The van der Waals surface area contributed by atoms with Crippen LogP contribution in [-0.2, 0) is 9.59 Å². The highest BCUT2D eigenvalue weighted by Gasteiger charge is 2.41. The first kappa shape index (κ1) is 17.0. The molecule has 0 unspecified atom stereocenters. The highest BCUT2D eigenvalue weighted by atomic mass is 16.4. The van der Waals surface area contributed by atoms with Crippen LogP contribution in [0.1, 0.15) is 64.2 Å². The van der Waals surface area contributed by atoms with E-state index in [4.69, 9.17) is 5.11 Å². The van der Waals surface area contributed by atoms with Gasteiger partial charge in [0.05, 0.1) is 5.41 Å².